The third kappa shape index (κ3) is 4.64. The van der Waals surface area contributed by atoms with Crippen LogP contribution in [0, 0.1) is 10.1 Å². The van der Waals surface area contributed by atoms with Gasteiger partial charge in [0.2, 0.25) is 10.0 Å². The molecule has 0 saturated carbocycles. The zero-order valence-corrected chi connectivity index (χ0v) is 14.8. The van der Waals surface area contributed by atoms with Gasteiger partial charge in [0.25, 0.3) is 0 Å². The Hall–Kier alpha value is -2.78. The van der Waals surface area contributed by atoms with Crippen LogP contribution in [0.25, 0.3) is 0 Å². The zero-order chi connectivity index (χ0) is 19.2. The molecule has 0 aliphatic carbocycles. The van der Waals surface area contributed by atoms with Crippen LogP contribution in [0.1, 0.15) is 18.5 Å². The molecule has 0 saturated heterocycles. The van der Waals surface area contributed by atoms with Gasteiger partial charge >= 0.3 is 12.0 Å². The van der Waals surface area contributed by atoms with Crippen LogP contribution in [0.2, 0.25) is 0 Å². The topological polar surface area (TPSA) is 116 Å². The number of esters is 1. The molecule has 2 unspecified atom stereocenters. The number of hydrogen-bond donors (Lipinski definition) is 1. The highest BCUT2D eigenvalue weighted by Crippen LogP contribution is 2.23. The predicted octanol–water partition coefficient (Wildman–Crippen LogP) is 1.91. The van der Waals surface area contributed by atoms with Crippen molar-refractivity contribution in [3.63, 3.8) is 0 Å². The van der Waals surface area contributed by atoms with E-state index in [0.717, 1.165) is 0 Å². The third-order valence-electron chi connectivity index (χ3n) is 3.57. The molecule has 0 amide bonds. The summed E-state index contributed by atoms with van der Waals surface area (Å²) < 4.78 is 32.3. The van der Waals surface area contributed by atoms with Crippen LogP contribution in [0.5, 0.6) is 0 Å². The lowest BCUT2D eigenvalue weighted by molar-refractivity contribution is -0.515. The fraction of sp³-hybridized carbons (Fsp3) is 0.235. The van der Waals surface area contributed by atoms with E-state index in [9.17, 15) is 23.3 Å². The normalized spacial score (nSPS) is 13.6. The fourth-order valence-electron chi connectivity index (χ4n) is 2.38. The summed E-state index contributed by atoms with van der Waals surface area (Å²) in [7, 11) is -4.10. The van der Waals surface area contributed by atoms with Crippen molar-refractivity contribution >= 4 is 16.0 Å². The number of nitro groups is 1. The van der Waals surface area contributed by atoms with Gasteiger partial charge < -0.3 is 4.74 Å². The lowest BCUT2D eigenvalue weighted by Crippen LogP contribution is -2.45. The summed E-state index contributed by atoms with van der Waals surface area (Å²) in [6.45, 7) is 1.46. The monoisotopic (exact) mass is 378 g/mol. The summed E-state index contributed by atoms with van der Waals surface area (Å²) in [5.41, 5.74) is 0.279. The molecule has 138 valence electrons. The Morgan fingerprint density at radius 2 is 1.65 bits per heavy atom. The Morgan fingerprint density at radius 3 is 2.15 bits per heavy atom. The van der Waals surface area contributed by atoms with Crippen molar-refractivity contribution in [3.05, 3.63) is 76.3 Å². The number of carbonyl (C=O) groups is 1. The quantitative estimate of drug-likeness (QED) is 0.426. The van der Waals surface area contributed by atoms with Gasteiger partial charge in [0.15, 0.2) is 0 Å². The van der Waals surface area contributed by atoms with Gasteiger partial charge in [-0.05, 0) is 24.6 Å². The van der Waals surface area contributed by atoms with Crippen LogP contribution in [0.3, 0.4) is 0 Å². The maximum absolute atomic E-state index is 12.6. The number of nitrogens with zero attached hydrogens (tertiary/aromatic N) is 1. The second kappa shape index (κ2) is 8.54. The molecule has 9 heteroatoms. The average molecular weight is 378 g/mol. The first kappa shape index (κ1) is 19.5. The molecule has 2 aromatic carbocycles. The van der Waals surface area contributed by atoms with Crippen molar-refractivity contribution < 1.29 is 22.9 Å². The number of ether oxygens (including phenoxy) is 1. The van der Waals surface area contributed by atoms with Gasteiger partial charge in [0, 0.05) is 4.92 Å². The Morgan fingerprint density at radius 1 is 1.12 bits per heavy atom. The summed E-state index contributed by atoms with van der Waals surface area (Å²) in [6, 6.07) is 12.0. The Bertz CT molecular complexity index is 855. The number of sulfonamides is 1. The maximum Gasteiger partial charge on any atom is 0.383 e. The molecule has 1 N–H and O–H groups in total. The van der Waals surface area contributed by atoms with Crippen LogP contribution < -0.4 is 4.72 Å². The molecule has 2 rings (SSSR count). The smallest absolute Gasteiger partial charge is 0.383 e. The van der Waals surface area contributed by atoms with Crippen LogP contribution in [0.4, 0.5) is 0 Å². The molecule has 0 aliphatic heterocycles. The second-order valence-corrected chi connectivity index (χ2v) is 7.02. The molecule has 0 aromatic heterocycles. The van der Waals surface area contributed by atoms with Gasteiger partial charge in [-0.2, -0.15) is 4.72 Å². The number of nitrogens with one attached hydrogen (secondary N) is 1. The van der Waals surface area contributed by atoms with E-state index < -0.39 is 33.0 Å². The van der Waals surface area contributed by atoms with Crippen molar-refractivity contribution in [2.24, 2.45) is 0 Å². The Labute approximate surface area is 151 Å². The first-order chi connectivity index (χ1) is 12.4. The minimum atomic E-state index is -4.10. The highest BCUT2D eigenvalue weighted by atomic mass is 32.2. The molecule has 8 nitrogen and oxygen atoms in total. The molecule has 0 heterocycles. The summed E-state index contributed by atoms with van der Waals surface area (Å²) in [6.07, 6.45) is 0. The fourth-order valence-corrected chi connectivity index (χ4v) is 3.63. The predicted molar refractivity (Wildman–Crippen MR) is 93.4 cm³/mol. The molecule has 0 fully saturated rings. The summed E-state index contributed by atoms with van der Waals surface area (Å²) in [5, 5.41) is 11.5. The molecule has 0 aliphatic rings. The average Bonchev–Trinajstić information content (AvgIpc) is 2.62. The van der Waals surface area contributed by atoms with E-state index in [1.165, 1.54) is 43.3 Å². The van der Waals surface area contributed by atoms with E-state index in [0.29, 0.717) is 0 Å². The molecule has 2 atom stereocenters. The zero-order valence-electron chi connectivity index (χ0n) is 13.9. The van der Waals surface area contributed by atoms with E-state index in [1.807, 2.05) is 0 Å². The summed E-state index contributed by atoms with van der Waals surface area (Å²) in [4.78, 5) is 22.7. The molecule has 0 bridgehead atoms. The number of rotatable bonds is 8. The standard InChI is InChI=1S/C17H18N2O6S/c1-2-25-17(20)16(19(21)22)15(13-9-5-3-6-10-13)18-26(23,24)14-11-7-4-8-12-14/h3-12,15-16,18H,2H2,1H3. The Balaban J connectivity index is 2.48. The first-order valence-electron chi connectivity index (χ1n) is 7.79. The molecule has 26 heavy (non-hydrogen) atoms. The SMILES string of the molecule is CCOC(=O)C(C(NS(=O)(=O)c1ccccc1)c1ccccc1)[N+](=O)[O-]. The highest BCUT2D eigenvalue weighted by molar-refractivity contribution is 7.89. The minimum Gasteiger partial charge on any atom is -0.461 e. The van der Waals surface area contributed by atoms with Gasteiger partial charge in [-0.3, -0.25) is 10.1 Å². The van der Waals surface area contributed by atoms with Crippen molar-refractivity contribution in [1.29, 1.82) is 0 Å². The van der Waals surface area contributed by atoms with Gasteiger partial charge in [-0.1, -0.05) is 48.5 Å². The molecular weight excluding hydrogens is 360 g/mol. The number of benzene rings is 2. The lowest BCUT2D eigenvalue weighted by Gasteiger charge is -2.21. The van der Waals surface area contributed by atoms with Crippen molar-refractivity contribution in [3.8, 4) is 0 Å². The van der Waals surface area contributed by atoms with Crippen LogP contribution >= 0.6 is 0 Å². The van der Waals surface area contributed by atoms with E-state index in [2.05, 4.69) is 4.72 Å². The van der Waals surface area contributed by atoms with Crippen molar-refractivity contribution in [2.75, 3.05) is 6.61 Å². The van der Waals surface area contributed by atoms with Gasteiger partial charge in [-0.15, -0.1) is 0 Å². The van der Waals surface area contributed by atoms with Crippen LogP contribution in [-0.2, 0) is 19.6 Å². The Kier molecular flexibility index (Phi) is 6.42. The number of hydrogen-bond acceptors (Lipinski definition) is 6. The molecular formula is C17H18N2O6S. The maximum atomic E-state index is 12.6. The van der Waals surface area contributed by atoms with E-state index in [4.69, 9.17) is 4.74 Å². The van der Waals surface area contributed by atoms with Crippen molar-refractivity contribution in [2.45, 2.75) is 23.9 Å². The number of carbonyl (C=O) groups excluding carboxylic acids is 1. The van der Waals surface area contributed by atoms with Gasteiger partial charge in [-0.25, -0.2) is 13.2 Å². The van der Waals surface area contributed by atoms with E-state index in [1.54, 1.807) is 24.3 Å². The van der Waals surface area contributed by atoms with E-state index >= 15 is 0 Å². The first-order valence-corrected chi connectivity index (χ1v) is 9.27. The van der Waals surface area contributed by atoms with Gasteiger partial charge in [0.05, 0.1) is 11.5 Å². The van der Waals surface area contributed by atoms with Crippen molar-refractivity contribution in [1.82, 2.24) is 4.72 Å². The van der Waals surface area contributed by atoms with Crippen LogP contribution in [-0.4, -0.2) is 32.0 Å². The highest BCUT2D eigenvalue weighted by Gasteiger charge is 2.43. The molecule has 0 spiro atoms. The lowest BCUT2D eigenvalue weighted by atomic mass is 10.0. The second-order valence-electron chi connectivity index (χ2n) is 5.30. The minimum absolute atomic E-state index is 0.0594. The summed E-state index contributed by atoms with van der Waals surface area (Å²) >= 11 is 0. The third-order valence-corrected chi connectivity index (χ3v) is 5.02. The van der Waals surface area contributed by atoms with Crippen LogP contribution in [0.15, 0.2) is 65.6 Å². The largest absolute Gasteiger partial charge is 0.461 e. The van der Waals surface area contributed by atoms with E-state index in [-0.39, 0.29) is 17.1 Å². The summed E-state index contributed by atoms with van der Waals surface area (Å²) in [5.74, 6) is -1.11. The molecule has 2 aromatic rings. The van der Waals surface area contributed by atoms with Gasteiger partial charge in [0.1, 0.15) is 6.04 Å². The molecule has 0 radical (unpaired) electrons.